The van der Waals surface area contributed by atoms with Crippen LogP contribution in [-0.2, 0) is 23.1 Å². The minimum absolute atomic E-state index is 0.111. The Bertz CT molecular complexity index is 1250. The molecule has 0 saturated carbocycles. The molecule has 3 aromatic rings. The van der Waals surface area contributed by atoms with Crippen molar-refractivity contribution >= 4 is 17.5 Å². The molecular weight excluding hydrogens is 459 g/mol. The van der Waals surface area contributed by atoms with Crippen LogP contribution in [0, 0.1) is 11.6 Å². The predicted octanol–water partition coefficient (Wildman–Crippen LogP) is 4.02. The number of nitrogens with zero attached hydrogens (tertiary/aromatic N) is 4. The molecule has 0 atom stereocenters. The number of halogens is 5. The van der Waals surface area contributed by atoms with E-state index in [9.17, 15) is 26.7 Å². The summed E-state index contributed by atoms with van der Waals surface area (Å²) in [6.07, 6.45) is -4.65. The number of amides is 1. The summed E-state index contributed by atoms with van der Waals surface area (Å²) >= 11 is 0. The molecule has 1 aliphatic rings. The Balaban J connectivity index is 1.88. The van der Waals surface area contributed by atoms with Gasteiger partial charge in [-0.3, -0.25) is 4.79 Å². The zero-order valence-electron chi connectivity index (χ0n) is 18.2. The van der Waals surface area contributed by atoms with E-state index in [2.05, 4.69) is 15.3 Å². The highest BCUT2D eigenvalue weighted by Gasteiger charge is 2.41. The van der Waals surface area contributed by atoms with Crippen molar-refractivity contribution in [3.8, 4) is 11.3 Å². The fourth-order valence-electron chi connectivity index (χ4n) is 4.04. The molecule has 2 aromatic heterocycles. The van der Waals surface area contributed by atoms with Gasteiger partial charge in [0.15, 0.2) is 11.6 Å². The van der Waals surface area contributed by atoms with Gasteiger partial charge in [-0.25, -0.2) is 18.7 Å². The molecule has 12 heteroatoms. The molecule has 0 aliphatic carbocycles. The average molecular weight is 480 g/mol. The highest BCUT2D eigenvalue weighted by atomic mass is 19.4. The van der Waals surface area contributed by atoms with Gasteiger partial charge in [0.25, 0.3) is 0 Å². The van der Waals surface area contributed by atoms with Crippen LogP contribution in [0.15, 0.2) is 36.4 Å². The van der Waals surface area contributed by atoms with E-state index in [0.29, 0.717) is 5.82 Å². The number of imidazole rings is 1. The van der Waals surface area contributed by atoms with Crippen LogP contribution in [0.5, 0.6) is 0 Å². The Kier molecular flexibility index (Phi) is 5.80. The third kappa shape index (κ3) is 4.09. The molecule has 0 unspecified atom stereocenters. The first-order valence-corrected chi connectivity index (χ1v) is 10.3. The molecule has 0 saturated heterocycles. The topological polar surface area (TPSA) is 89.1 Å². The fraction of sp³-hybridized carbons (Fsp3) is 0.318. The zero-order valence-corrected chi connectivity index (χ0v) is 18.2. The Labute approximate surface area is 191 Å². The predicted molar refractivity (Wildman–Crippen MR) is 114 cm³/mol. The quantitative estimate of drug-likeness (QED) is 0.551. The van der Waals surface area contributed by atoms with Crippen LogP contribution in [0.25, 0.3) is 11.3 Å². The molecule has 3 N–H and O–H groups in total. The van der Waals surface area contributed by atoms with Gasteiger partial charge in [0, 0.05) is 18.7 Å². The number of carbonyl (C=O) groups is 1. The molecule has 1 amide bonds. The van der Waals surface area contributed by atoms with Gasteiger partial charge in [-0.1, -0.05) is 6.07 Å². The second-order valence-corrected chi connectivity index (χ2v) is 8.25. The van der Waals surface area contributed by atoms with Crippen molar-refractivity contribution in [2.24, 2.45) is 5.73 Å². The van der Waals surface area contributed by atoms with Crippen molar-refractivity contribution < 1.29 is 26.7 Å². The van der Waals surface area contributed by atoms with E-state index in [-0.39, 0.29) is 48.4 Å². The Hall–Kier alpha value is -3.54. The van der Waals surface area contributed by atoms with Gasteiger partial charge in [0.1, 0.15) is 28.8 Å². The highest BCUT2D eigenvalue weighted by molar-refractivity contribution is 5.80. The molecular formula is C22H21F5N6O. The normalized spacial score (nSPS) is 15.2. The minimum Gasteiger partial charge on any atom is -0.327 e. The van der Waals surface area contributed by atoms with Crippen molar-refractivity contribution in [3.63, 3.8) is 0 Å². The van der Waals surface area contributed by atoms with Crippen molar-refractivity contribution in [2.45, 2.75) is 32.1 Å². The lowest BCUT2D eigenvalue weighted by atomic mass is 9.99. The number of benzene rings is 1. The summed E-state index contributed by atoms with van der Waals surface area (Å²) in [6.45, 7) is 3.79. The monoisotopic (exact) mass is 480 g/mol. The summed E-state index contributed by atoms with van der Waals surface area (Å²) in [5.41, 5.74) is 3.88. The first-order valence-electron chi connectivity index (χ1n) is 10.3. The number of anilines is 2. The number of pyridine rings is 1. The van der Waals surface area contributed by atoms with E-state index in [1.54, 1.807) is 23.3 Å². The third-order valence-electron chi connectivity index (χ3n) is 5.69. The lowest BCUT2D eigenvalue weighted by Gasteiger charge is -2.42. The van der Waals surface area contributed by atoms with Crippen LogP contribution in [0.1, 0.15) is 25.4 Å². The van der Waals surface area contributed by atoms with Crippen LogP contribution >= 0.6 is 0 Å². The number of rotatable bonds is 4. The molecule has 0 bridgehead atoms. The molecule has 34 heavy (non-hydrogen) atoms. The largest absolute Gasteiger partial charge is 0.433 e. The van der Waals surface area contributed by atoms with Crippen molar-refractivity contribution in [2.75, 3.05) is 18.4 Å². The second-order valence-electron chi connectivity index (χ2n) is 8.25. The van der Waals surface area contributed by atoms with E-state index in [4.69, 9.17) is 5.73 Å². The summed E-state index contributed by atoms with van der Waals surface area (Å²) in [7, 11) is 0. The number of fused-ring (bicyclic) bond motifs is 1. The van der Waals surface area contributed by atoms with Gasteiger partial charge in [-0.05, 0) is 44.2 Å². The first kappa shape index (κ1) is 23.6. The standard InChI is InChI=1S/C22H21F5N6O/c1-21(2)20-31-18(12-6-7-13(23)14(24)10-12)19(32(20)8-9-33(21)17(34)11-28)30-16-5-3-4-15(29-16)22(25,26)27/h3-7,10H,8-9,11,28H2,1-2H3,(H,29,30). The first-order chi connectivity index (χ1) is 15.9. The molecule has 3 heterocycles. The summed E-state index contributed by atoms with van der Waals surface area (Å²) < 4.78 is 68.8. The van der Waals surface area contributed by atoms with Gasteiger partial charge >= 0.3 is 6.18 Å². The molecule has 1 aliphatic heterocycles. The summed E-state index contributed by atoms with van der Waals surface area (Å²) in [5, 5.41) is 2.87. The SMILES string of the molecule is CC1(C)c2nc(-c3ccc(F)c(F)c3)c(Nc3cccc(C(F)(F)F)n3)n2CCN1C(=O)CN. The van der Waals surface area contributed by atoms with E-state index in [0.717, 1.165) is 18.2 Å². The maximum Gasteiger partial charge on any atom is 0.433 e. The molecule has 4 rings (SSSR count). The van der Waals surface area contributed by atoms with Gasteiger partial charge in [-0.2, -0.15) is 13.2 Å². The maximum absolute atomic E-state index is 14.0. The average Bonchev–Trinajstić information content (AvgIpc) is 3.14. The number of hydrogen-bond acceptors (Lipinski definition) is 5. The summed E-state index contributed by atoms with van der Waals surface area (Å²) in [5.74, 6) is -1.94. The summed E-state index contributed by atoms with van der Waals surface area (Å²) in [6, 6.07) is 6.59. The lowest BCUT2D eigenvalue weighted by molar-refractivity contribution is -0.141. The Morgan fingerprint density at radius 2 is 1.85 bits per heavy atom. The number of hydrogen-bond donors (Lipinski definition) is 2. The van der Waals surface area contributed by atoms with Crippen LogP contribution in [0.2, 0.25) is 0 Å². The number of carbonyl (C=O) groups excluding carboxylic acids is 1. The molecule has 7 nitrogen and oxygen atoms in total. The van der Waals surface area contributed by atoms with Crippen LogP contribution in [0.3, 0.4) is 0 Å². The smallest absolute Gasteiger partial charge is 0.327 e. The molecule has 1 aromatic carbocycles. The number of nitrogens with two attached hydrogens (primary N) is 1. The van der Waals surface area contributed by atoms with E-state index in [1.807, 2.05) is 0 Å². The van der Waals surface area contributed by atoms with Gasteiger partial charge in [-0.15, -0.1) is 0 Å². The maximum atomic E-state index is 14.0. The Morgan fingerprint density at radius 1 is 1.12 bits per heavy atom. The zero-order chi connectivity index (χ0) is 24.8. The molecule has 0 radical (unpaired) electrons. The van der Waals surface area contributed by atoms with Crippen molar-refractivity contribution in [3.05, 3.63) is 59.6 Å². The fourth-order valence-corrected chi connectivity index (χ4v) is 4.04. The van der Waals surface area contributed by atoms with Crippen molar-refractivity contribution in [1.29, 1.82) is 0 Å². The van der Waals surface area contributed by atoms with Crippen molar-refractivity contribution in [1.82, 2.24) is 19.4 Å². The third-order valence-corrected chi connectivity index (χ3v) is 5.69. The number of nitrogens with one attached hydrogen (secondary N) is 1. The van der Waals surface area contributed by atoms with Gasteiger partial charge in [0.2, 0.25) is 5.91 Å². The number of alkyl halides is 3. The molecule has 0 spiro atoms. The van der Waals surface area contributed by atoms with E-state index >= 15 is 0 Å². The highest BCUT2D eigenvalue weighted by Crippen LogP contribution is 2.40. The van der Waals surface area contributed by atoms with E-state index < -0.39 is 29.0 Å². The van der Waals surface area contributed by atoms with Crippen LogP contribution in [0.4, 0.5) is 33.6 Å². The second kappa shape index (κ2) is 8.35. The van der Waals surface area contributed by atoms with Gasteiger partial charge in [0.05, 0.1) is 12.1 Å². The Morgan fingerprint density at radius 3 is 2.50 bits per heavy atom. The van der Waals surface area contributed by atoms with Gasteiger partial charge < -0.3 is 20.5 Å². The molecule has 0 fully saturated rings. The van der Waals surface area contributed by atoms with E-state index in [1.165, 1.54) is 18.2 Å². The van der Waals surface area contributed by atoms with Crippen LogP contribution < -0.4 is 11.1 Å². The summed E-state index contributed by atoms with van der Waals surface area (Å²) in [4.78, 5) is 22.2. The molecule has 180 valence electrons. The minimum atomic E-state index is -4.65. The van der Waals surface area contributed by atoms with Crippen LogP contribution in [-0.4, -0.2) is 38.4 Å². The number of aromatic nitrogens is 3. The lowest BCUT2D eigenvalue weighted by Crippen LogP contribution is -2.53.